The van der Waals surface area contributed by atoms with E-state index in [2.05, 4.69) is 0 Å². The molecule has 3 rings (SSSR count). The number of carbonyl (C=O) groups is 1. The molecule has 1 aliphatic heterocycles. The third kappa shape index (κ3) is 2.63. The van der Waals surface area contributed by atoms with E-state index in [-0.39, 0.29) is 5.78 Å². The predicted molar refractivity (Wildman–Crippen MR) is 94.1 cm³/mol. The fraction of sp³-hybridized carbons (Fsp3) is 0.0625. The topological polar surface area (TPSA) is 20.3 Å². The fourth-order valence-corrected chi connectivity index (χ4v) is 4.17. The van der Waals surface area contributed by atoms with Crippen LogP contribution in [0, 0.1) is 0 Å². The van der Waals surface area contributed by atoms with Crippen LogP contribution in [0.4, 0.5) is 5.69 Å². The van der Waals surface area contributed by atoms with Crippen molar-refractivity contribution in [3.63, 3.8) is 0 Å². The van der Waals surface area contributed by atoms with Gasteiger partial charge in [-0.3, -0.25) is 4.79 Å². The minimum atomic E-state index is -0.0659. The first-order valence-electron chi connectivity index (χ1n) is 6.43. The summed E-state index contributed by atoms with van der Waals surface area (Å²) in [6.07, 6.45) is 0. The summed E-state index contributed by atoms with van der Waals surface area (Å²) >= 11 is 20.0. The molecule has 0 bridgehead atoms. The van der Waals surface area contributed by atoms with Gasteiger partial charge in [0.25, 0.3) is 0 Å². The molecule has 0 fully saturated rings. The van der Waals surface area contributed by atoms with Gasteiger partial charge in [-0.05, 0) is 19.1 Å². The van der Waals surface area contributed by atoms with Gasteiger partial charge in [-0.25, -0.2) is 4.42 Å². The number of hydrogen-bond acceptors (Lipinski definition) is 3. The Morgan fingerprint density at radius 3 is 2.45 bits per heavy atom. The SMILES string of the molecule is CC(C(=O)c1ccccc1)=C1Sc2ccc(Cl)c(Cl)c2N1Cl. The van der Waals surface area contributed by atoms with Crippen molar-refractivity contribution in [1.82, 2.24) is 0 Å². The number of nitrogens with zero attached hydrogens (tertiary/aromatic N) is 1. The van der Waals surface area contributed by atoms with Crippen LogP contribution >= 0.6 is 46.7 Å². The van der Waals surface area contributed by atoms with Crippen LogP contribution in [0.2, 0.25) is 10.0 Å². The van der Waals surface area contributed by atoms with Crippen molar-refractivity contribution < 1.29 is 4.79 Å². The van der Waals surface area contributed by atoms with Crippen LogP contribution in [-0.2, 0) is 0 Å². The number of Topliss-reactive ketones (excluding diaryl/α,β-unsaturated/α-hetero) is 1. The van der Waals surface area contributed by atoms with Gasteiger partial charge in [-0.2, -0.15) is 0 Å². The molecule has 22 heavy (non-hydrogen) atoms. The minimum Gasteiger partial charge on any atom is -0.289 e. The molecular formula is C16H10Cl3NOS. The van der Waals surface area contributed by atoms with E-state index in [9.17, 15) is 4.79 Å². The van der Waals surface area contributed by atoms with Crippen molar-refractivity contribution in [3.8, 4) is 0 Å². The van der Waals surface area contributed by atoms with Crippen LogP contribution in [0.1, 0.15) is 17.3 Å². The molecule has 0 spiro atoms. The Kier molecular flexibility index (Phi) is 4.42. The molecule has 0 saturated carbocycles. The molecule has 2 aromatic carbocycles. The van der Waals surface area contributed by atoms with E-state index < -0.39 is 0 Å². The van der Waals surface area contributed by atoms with Gasteiger partial charge in [0.2, 0.25) is 0 Å². The number of ketones is 1. The van der Waals surface area contributed by atoms with Gasteiger partial charge in [0, 0.05) is 27.8 Å². The molecule has 2 aromatic rings. The van der Waals surface area contributed by atoms with Crippen LogP contribution in [-0.4, -0.2) is 5.78 Å². The summed E-state index contributed by atoms with van der Waals surface area (Å²) in [5.74, 6) is -0.0659. The second kappa shape index (κ2) is 6.17. The maximum atomic E-state index is 12.6. The van der Waals surface area contributed by atoms with Gasteiger partial charge in [-0.15, -0.1) is 0 Å². The lowest BCUT2D eigenvalue weighted by molar-refractivity contribution is 0.103. The van der Waals surface area contributed by atoms with Crippen molar-refractivity contribution in [2.24, 2.45) is 0 Å². The molecule has 0 atom stereocenters. The van der Waals surface area contributed by atoms with Crippen LogP contribution < -0.4 is 4.42 Å². The van der Waals surface area contributed by atoms with Gasteiger partial charge in [0.1, 0.15) is 5.03 Å². The number of anilines is 1. The molecule has 0 radical (unpaired) electrons. The maximum absolute atomic E-state index is 12.6. The molecule has 0 N–H and O–H groups in total. The van der Waals surface area contributed by atoms with Crippen molar-refractivity contribution >= 4 is 58.2 Å². The largest absolute Gasteiger partial charge is 0.289 e. The summed E-state index contributed by atoms with van der Waals surface area (Å²) in [6.45, 7) is 1.76. The predicted octanol–water partition coefficient (Wildman–Crippen LogP) is 6.17. The highest BCUT2D eigenvalue weighted by Crippen LogP contribution is 2.53. The Bertz CT molecular complexity index is 789. The number of carbonyl (C=O) groups excluding carboxylic acids is 1. The van der Waals surface area contributed by atoms with E-state index in [1.165, 1.54) is 16.2 Å². The van der Waals surface area contributed by atoms with Gasteiger partial charge in [-0.1, -0.05) is 65.3 Å². The Morgan fingerprint density at radius 1 is 1.09 bits per heavy atom. The minimum absolute atomic E-state index is 0.0659. The summed E-state index contributed by atoms with van der Waals surface area (Å²) < 4.78 is 1.41. The van der Waals surface area contributed by atoms with Crippen LogP contribution in [0.25, 0.3) is 0 Å². The number of thioether (sulfide) groups is 1. The number of fused-ring (bicyclic) bond motifs is 1. The first-order chi connectivity index (χ1) is 10.5. The van der Waals surface area contributed by atoms with Crippen molar-refractivity contribution in [3.05, 3.63) is 68.7 Å². The summed E-state index contributed by atoms with van der Waals surface area (Å²) in [4.78, 5) is 13.4. The van der Waals surface area contributed by atoms with E-state index in [1.807, 2.05) is 24.3 Å². The van der Waals surface area contributed by atoms with Gasteiger partial charge in [0.15, 0.2) is 5.78 Å². The summed E-state index contributed by atoms with van der Waals surface area (Å²) in [7, 11) is 0. The number of halogens is 3. The summed E-state index contributed by atoms with van der Waals surface area (Å²) in [5, 5.41) is 1.46. The zero-order chi connectivity index (χ0) is 15.9. The second-order valence-corrected chi connectivity index (χ2v) is 6.87. The number of rotatable bonds is 2. The quantitative estimate of drug-likeness (QED) is 0.358. The smallest absolute Gasteiger partial charge is 0.191 e. The molecule has 2 nitrogen and oxygen atoms in total. The third-order valence-corrected chi connectivity index (χ3v) is 5.77. The molecule has 1 aliphatic rings. The van der Waals surface area contributed by atoms with E-state index in [4.69, 9.17) is 35.0 Å². The molecule has 0 aromatic heterocycles. The number of benzene rings is 2. The molecule has 0 unspecified atom stereocenters. The third-order valence-electron chi connectivity index (χ3n) is 3.31. The zero-order valence-electron chi connectivity index (χ0n) is 11.4. The molecule has 0 saturated heterocycles. The van der Waals surface area contributed by atoms with Crippen LogP contribution in [0.5, 0.6) is 0 Å². The second-order valence-electron chi connectivity index (χ2n) is 4.72. The molecule has 112 valence electrons. The first kappa shape index (κ1) is 15.8. The standard InChI is InChI=1S/C16H10Cl3NOS/c1-9(15(21)10-5-3-2-4-6-10)16-20(19)14-12(22-16)8-7-11(17)13(14)18/h2-8H,1H3. The number of hydrogen-bond donors (Lipinski definition) is 0. The molecule has 6 heteroatoms. The Hall–Kier alpha value is -1.13. The highest BCUT2D eigenvalue weighted by molar-refractivity contribution is 8.04. The Balaban J connectivity index is 2.03. The normalized spacial score (nSPS) is 15.7. The Morgan fingerprint density at radius 2 is 1.77 bits per heavy atom. The maximum Gasteiger partial charge on any atom is 0.191 e. The number of allylic oxidation sites excluding steroid dienone is 1. The van der Waals surface area contributed by atoms with Crippen LogP contribution in [0.15, 0.2) is 58.0 Å². The Labute approximate surface area is 147 Å². The van der Waals surface area contributed by atoms with Gasteiger partial charge in [0.05, 0.1) is 15.7 Å². The highest BCUT2D eigenvalue weighted by atomic mass is 35.5. The molecular weight excluding hydrogens is 361 g/mol. The first-order valence-corrected chi connectivity index (χ1v) is 8.34. The lowest BCUT2D eigenvalue weighted by atomic mass is 10.1. The van der Waals surface area contributed by atoms with Gasteiger partial charge >= 0.3 is 0 Å². The summed E-state index contributed by atoms with van der Waals surface area (Å²) in [6, 6.07) is 12.7. The average Bonchev–Trinajstić information content (AvgIpc) is 2.88. The lowest BCUT2D eigenvalue weighted by Gasteiger charge is -2.14. The van der Waals surface area contributed by atoms with Crippen molar-refractivity contribution in [2.75, 3.05) is 4.42 Å². The van der Waals surface area contributed by atoms with Crippen molar-refractivity contribution in [2.45, 2.75) is 11.8 Å². The zero-order valence-corrected chi connectivity index (χ0v) is 14.5. The summed E-state index contributed by atoms with van der Waals surface area (Å²) in [5.41, 5.74) is 1.81. The van der Waals surface area contributed by atoms with E-state index in [1.54, 1.807) is 25.1 Å². The van der Waals surface area contributed by atoms with Crippen molar-refractivity contribution in [1.29, 1.82) is 0 Å². The lowest BCUT2D eigenvalue weighted by Crippen LogP contribution is -2.10. The monoisotopic (exact) mass is 369 g/mol. The molecule has 0 amide bonds. The van der Waals surface area contributed by atoms with E-state index >= 15 is 0 Å². The average molecular weight is 371 g/mol. The van der Waals surface area contributed by atoms with E-state index in [0.717, 1.165) is 4.90 Å². The highest BCUT2D eigenvalue weighted by Gasteiger charge is 2.31. The van der Waals surface area contributed by atoms with Gasteiger partial charge < -0.3 is 0 Å². The van der Waals surface area contributed by atoms with E-state index in [0.29, 0.717) is 31.9 Å². The van der Waals surface area contributed by atoms with Crippen LogP contribution in [0.3, 0.4) is 0 Å². The molecule has 0 aliphatic carbocycles. The fourth-order valence-electron chi connectivity index (χ4n) is 2.16. The molecule has 1 heterocycles.